The predicted molar refractivity (Wildman–Crippen MR) is 74.0 cm³/mol. The van der Waals surface area contributed by atoms with Crippen LogP contribution in [0.2, 0.25) is 0 Å². The third-order valence-electron chi connectivity index (χ3n) is 2.74. The Morgan fingerprint density at radius 2 is 1.61 bits per heavy atom. The summed E-state index contributed by atoms with van der Waals surface area (Å²) < 4.78 is 0. The van der Waals surface area contributed by atoms with Crippen molar-refractivity contribution in [1.29, 1.82) is 0 Å². The molecule has 18 heavy (non-hydrogen) atoms. The number of hydrogen-bond donors (Lipinski definition) is 2. The quantitative estimate of drug-likeness (QED) is 0.511. The summed E-state index contributed by atoms with van der Waals surface area (Å²) in [7, 11) is 0. The summed E-state index contributed by atoms with van der Waals surface area (Å²) in [4.78, 5) is 24.4. The molecule has 0 spiro atoms. The van der Waals surface area contributed by atoms with Gasteiger partial charge in [-0.25, -0.2) is 0 Å². The smallest absolute Gasteiger partial charge is 0.236 e. The van der Waals surface area contributed by atoms with Gasteiger partial charge in [0.2, 0.25) is 11.8 Å². The molecule has 0 aliphatic heterocycles. The molecule has 0 aromatic heterocycles. The maximum atomic E-state index is 12.2. The minimum absolute atomic E-state index is 0.242. The highest BCUT2D eigenvalue weighted by atomic mass is 16.2. The van der Waals surface area contributed by atoms with Gasteiger partial charge < -0.3 is 10.6 Å². The monoisotopic (exact) mass is 252 g/mol. The molecule has 0 saturated carbocycles. The molecule has 0 saturated heterocycles. The largest absolute Gasteiger partial charge is 0.355 e. The molecular formula is C14H24N2O2. The van der Waals surface area contributed by atoms with Crippen molar-refractivity contribution in [2.75, 3.05) is 13.1 Å². The van der Waals surface area contributed by atoms with Gasteiger partial charge in [0.1, 0.15) is 5.41 Å². The number of nitrogens with one attached hydrogen (secondary N) is 2. The van der Waals surface area contributed by atoms with Gasteiger partial charge in [-0.2, -0.15) is 0 Å². The minimum atomic E-state index is -1.08. The lowest BCUT2D eigenvalue weighted by Crippen LogP contribution is -2.51. The van der Waals surface area contributed by atoms with Crippen LogP contribution < -0.4 is 10.6 Å². The Labute approximate surface area is 110 Å². The molecule has 0 unspecified atom stereocenters. The van der Waals surface area contributed by atoms with E-state index in [9.17, 15) is 9.59 Å². The maximum absolute atomic E-state index is 12.2. The highest BCUT2D eigenvalue weighted by Gasteiger charge is 2.43. The SMILES string of the molecule is C=CCC(C/C=C/C)(C(=O)NCC)C(=O)NCC. The van der Waals surface area contributed by atoms with E-state index in [0.717, 1.165) is 0 Å². The standard InChI is InChI=1S/C14H24N2O2/c1-5-9-11-14(10-6-2,12(17)15-7-3)13(18)16-8-4/h5-6,9H,2,7-8,10-11H2,1,3-4H3,(H,15,17)(H,16,18)/b9-5+. The van der Waals surface area contributed by atoms with Crippen molar-refractivity contribution < 1.29 is 9.59 Å². The van der Waals surface area contributed by atoms with Crippen LogP contribution in [0, 0.1) is 5.41 Å². The van der Waals surface area contributed by atoms with Crippen LogP contribution in [0.1, 0.15) is 33.6 Å². The van der Waals surface area contributed by atoms with Gasteiger partial charge in [0.15, 0.2) is 0 Å². The molecule has 4 heteroatoms. The molecule has 2 N–H and O–H groups in total. The van der Waals surface area contributed by atoms with E-state index in [1.54, 1.807) is 6.08 Å². The van der Waals surface area contributed by atoms with Gasteiger partial charge in [-0.1, -0.05) is 18.2 Å². The van der Waals surface area contributed by atoms with Crippen molar-refractivity contribution >= 4 is 11.8 Å². The maximum Gasteiger partial charge on any atom is 0.236 e. The number of hydrogen-bond acceptors (Lipinski definition) is 2. The second-order valence-corrected chi connectivity index (χ2v) is 4.07. The number of rotatable bonds is 8. The molecule has 102 valence electrons. The van der Waals surface area contributed by atoms with E-state index >= 15 is 0 Å². The normalized spacial score (nSPS) is 11.3. The van der Waals surface area contributed by atoms with Crippen LogP contribution in [-0.2, 0) is 9.59 Å². The van der Waals surface area contributed by atoms with Crippen LogP contribution >= 0.6 is 0 Å². The Bertz CT molecular complexity index is 304. The van der Waals surface area contributed by atoms with Gasteiger partial charge in [0.05, 0.1) is 0 Å². The molecule has 4 nitrogen and oxygen atoms in total. The summed E-state index contributed by atoms with van der Waals surface area (Å²) in [6, 6.07) is 0. The molecule has 0 radical (unpaired) electrons. The van der Waals surface area contributed by atoms with E-state index in [4.69, 9.17) is 0 Å². The summed E-state index contributed by atoms with van der Waals surface area (Å²) in [6.07, 6.45) is 6.01. The lowest BCUT2D eigenvalue weighted by molar-refractivity contribution is -0.143. The van der Waals surface area contributed by atoms with Crippen molar-refractivity contribution in [3.63, 3.8) is 0 Å². The Morgan fingerprint density at radius 3 is 1.94 bits per heavy atom. The molecule has 0 aliphatic carbocycles. The molecule has 0 heterocycles. The van der Waals surface area contributed by atoms with Gasteiger partial charge in [0, 0.05) is 13.1 Å². The lowest BCUT2D eigenvalue weighted by atomic mass is 9.78. The fraction of sp³-hybridized carbons (Fsp3) is 0.571. The topological polar surface area (TPSA) is 58.2 Å². The van der Waals surface area contributed by atoms with Crippen LogP contribution in [0.4, 0.5) is 0 Å². The highest BCUT2D eigenvalue weighted by Crippen LogP contribution is 2.29. The van der Waals surface area contributed by atoms with Crippen molar-refractivity contribution in [3.05, 3.63) is 24.8 Å². The van der Waals surface area contributed by atoms with Gasteiger partial charge in [-0.05, 0) is 33.6 Å². The predicted octanol–water partition coefficient (Wildman–Crippen LogP) is 1.79. The minimum Gasteiger partial charge on any atom is -0.355 e. The fourth-order valence-corrected chi connectivity index (χ4v) is 1.78. The number of carbonyl (C=O) groups is 2. The molecule has 0 rings (SSSR count). The van der Waals surface area contributed by atoms with Gasteiger partial charge in [-0.15, -0.1) is 6.58 Å². The van der Waals surface area contributed by atoms with Crippen LogP contribution in [0.15, 0.2) is 24.8 Å². The van der Waals surface area contributed by atoms with Crippen molar-refractivity contribution in [3.8, 4) is 0 Å². The third-order valence-corrected chi connectivity index (χ3v) is 2.74. The first kappa shape index (κ1) is 16.4. The zero-order valence-corrected chi connectivity index (χ0v) is 11.6. The van der Waals surface area contributed by atoms with E-state index in [1.807, 2.05) is 32.9 Å². The zero-order valence-electron chi connectivity index (χ0n) is 11.6. The number of amides is 2. The Kier molecular flexibility index (Phi) is 7.76. The first-order valence-corrected chi connectivity index (χ1v) is 6.37. The summed E-state index contributed by atoms with van der Waals surface area (Å²) in [5.41, 5.74) is -1.08. The Morgan fingerprint density at radius 1 is 1.11 bits per heavy atom. The van der Waals surface area contributed by atoms with Crippen molar-refractivity contribution in [2.45, 2.75) is 33.6 Å². The number of carbonyl (C=O) groups excluding carboxylic acids is 2. The summed E-state index contributed by atoms with van der Waals surface area (Å²) >= 11 is 0. The van der Waals surface area contributed by atoms with Gasteiger partial charge in [0.25, 0.3) is 0 Å². The first-order chi connectivity index (χ1) is 8.58. The molecular weight excluding hydrogens is 228 g/mol. The van der Waals surface area contributed by atoms with Crippen LogP contribution in [0.5, 0.6) is 0 Å². The van der Waals surface area contributed by atoms with Crippen molar-refractivity contribution in [2.24, 2.45) is 5.41 Å². The van der Waals surface area contributed by atoms with Crippen molar-refractivity contribution in [1.82, 2.24) is 10.6 Å². The van der Waals surface area contributed by atoms with E-state index in [-0.39, 0.29) is 11.8 Å². The summed E-state index contributed by atoms with van der Waals surface area (Å²) in [5, 5.41) is 5.48. The second kappa shape index (κ2) is 8.50. The van der Waals surface area contributed by atoms with E-state index in [0.29, 0.717) is 25.9 Å². The zero-order chi connectivity index (χ0) is 14.0. The average Bonchev–Trinajstić information content (AvgIpc) is 2.35. The second-order valence-electron chi connectivity index (χ2n) is 4.07. The summed E-state index contributed by atoms with van der Waals surface area (Å²) in [6.45, 7) is 10.2. The average molecular weight is 252 g/mol. The lowest BCUT2D eigenvalue weighted by Gasteiger charge is -2.29. The van der Waals surface area contributed by atoms with E-state index in [1.165, 1.54) is 0 Å². The van der Waals surface area contributed by atoms with E-state index < -0.39 is 5.41 Å². The first-order valence-electron chi connectivity index (χ1n) is 6.37. The van der Waals surface area contributed by atoms with E-state index in [2.05, 4.69) is 17.2 Å². The van der Waals surface area contributed by atoms with Crippen LogP contribution in [-0.4, -0.2) is 24.9 Å². The Balaban J connectivity index is 5.31. The van der Waals surface area contributed by atoms with Gasteiger partial charge >= 0.3 is 0 Å². The molecule has 0 aromatic rings. The summed E-state index contributed by atoms with van der Waals surface area (Å²) in [5.74, 6) is -0.483. The molecule has 2 amide bonds. The third kappa shape index (κ3) is 4.02. The fourth-order valence-electron chi connectivity index (χ4n) is 1.78. The molecule has 0 bridgehead atoms. The molecule has 0 atom stereocenters. The molecule has 0 fully saturated rings. The van der Waals surface area contributed by atoms with Gasteiger partial charge in [-0.3, -0.25) is 9.59 Å². The highest BCUT2D eigenvalue weighted by molar-refractivity contribution is 6.05. The Hall–Kier alpha value is -1.58. The van der Waals surface area contributed by atoms with Crippen LogP contribution in [0.25, 0.3) is 0 Å². The molecule has 0 aliphatic rings. The molecule has 0 aromatic carbocycles. The number of allylic oxidation sites excluding steroid dienone is 3. The van der Waals surface area contributed by atoms with Crippen LogP contribution in [0.3, 0.4) is 0 Å².